The second-order valence-electron chi connectivity index (χ2n) is 5.51. The molecule has 2 aliphatic heterocycles. The third-order valence-electron chi connectivity index (χ3n) is 4.27. The summed E-state index contributed by atoms with van der Waals surface area (Å²) < 4.78 is 16.4. The maximum Gasteiger partial charge on any atom is 0.331 e. The number of ether oxygens (including phenoxy) is 3. The molecule has 5 heteroatoms. The maximum absolute atomic E-state index is 12.5. The second-order valence-corrected chi connectivity index (χ2v) is 5.51. The quantitative estimate of drug-likeness (QED) is 0.854. The van der Waals surface area contributed by atoms with Gasteiger partial charge in [-0.05, 0) is 18.9 Å². The number of carbonyl (C=O) groups excluding carboxylic acids is 1. The molecule has 0 spiro atoms. The van der Waals surface area contributed by atoms with Crippen molar-refractivity contribution in [2.75, 3.05) is 26.9 Å². The number of hydrogen-bond acceptors (Lipinski definition) is 5. The number of rotatable bonds is 4. The van der Waals surface area contributed by atoms with Gasteiger partial charge in [-0.2, -0.15) is 0 Å². The lowest BCUT2D eigenvalue weighted by atomic mass is 9.84. The number of para-hydroxylation sites is 1. The Morgan fingerprint density at radius 1 is 1.43 bits per heavy atom. The molecule has 1 saturated heterocycles. The first kappa shape index (κ1) is 14.4. The van der Waals surface area contributed by atoms with Crippen LogP contribution in [0, 0.1) is 0 Å². The molecule has 21 heavy (non-hydrogen) atoms. The van der Waals surface area contributed by atoms with Gasteiger partial charge in [0.1, 0.15) is 11.3 Å². The van der Waals surface area contributed by atoms with Crippen molar-refractivity contribution in [2.24, 2.45) is 0 Å². The smallest absolute Gasteiger partial charge is 0.331 e. The molecular weight excluding hydrogens is 270 g/mol. The highest BCUT2D eigenvalue weighted by atomic mass is 16.5. The zero-order valence-corrected chi connectivity index (χ0v) is 12.3. The van der Waals surface area contributed by atoms with Gasteiger partial charge in [-0.25, -0.2) is 4.79 Å². The molecule has 2 atom stereocenters. The second kappa shape index (κ2) is 6.03. The van der Waals surface area contributed by atoms with Crippen LogP contribution >= 0.6 is 0 Å². The summed E-state index contributed by atoms with van der Waals surface area (Å²) in [5.41, 5.74) is 0.0105. The van der Waals surface area contributed by atoms with Crippen LogP contribution in [0.4, 0.5) is 0 Å². The van der Waals surface area contributed by atoms with Crippen molar-refractivity contribution in [1.29, 1.82) is 0 Å². The molecule has 0 radical (unpaired) electrons. The van der Waals surface area contributed by atoms with Crippen LogP contribution in [0.5, 0.6) is 5.75 Å². The molecule has 1 aromatic rings. The van der Waals surface area contributed by atoms with E-state index in [0.717, 1.165) is 30.8 Å². The summed E-state index contributed by atoms with van der Waals surface area (Å²) >= 11 is 0. The fourth-order valence-electron chi connectivity index (χ4n) is 3.13. The van der Waals surface area contributed by atoms with E-state index in [9.17, 15) is 4.79 Å². The van der Waals surface area contributed by atoms with E-state index in [4.69, 9.17) is 14.2 Å². The molecule has 0 aromatic heterocycles. The lowest BCUT2D eigenvalue weighted by molar-refractivity contribution is -0.150. The van der Waals surface area contributed by atoms with Gasteiger partial charge >= 0.3 is 5.97 Å². The molecule has 5 nitrogen and oxygen atoms in total. The van der Waals surface area contributed by atoms with Crippen molar-refractivity contribution in [2.45, 2.75) is 30.9 Å². The normalized spacial score (nSPS) is 27.8. The first-order valence-corrected chi connectivity index (χ1v) is 7.43. The van der Waals surface area contributed by atoms with Gasteiger partial charge in [0.15, 0.2) is 0 Å². The van der Waals surface area contributed by atoms with Crippen LogP contribution < -0.4 is 10.1 Å². The predicted octanol–water partition coefficient (Wildman–Crippen LogP) is 1.61. The summed E-state index contributed by atoms with van der Waals surface area (Å²) in [6, 6.07) is 7.64. The standard InChI is InChI=1S/C16H21NO4/c1-19-15(18)16(17-11-12-5-4-9-20-12)8-10-21-14-7-3-2-6-13(14)16/h2-3,6-7,12,17H,4-5,8-11H2,1H3. The van der Waals surface area contributed by atoms with Gasteiger partial charge in [-0.3, -0.25) is 5.32 Å². The minimum absolute atomic E-state index is 0.168. The van der Waals surface area contributed by atoms with Crippen molar-refractivity contribution in [1.82, 2.24) is 5.32 Å². The highest BCUT2D eigenvalue weighted by Crippen LogP contribution is 2.38. The van der Waals surface area contributed by atoms with Crippen molar-refractivity contribution in [3.63, 3.8) is 0 Å². The summed E-state index contributed by atoms with van der Waals surface area (Å²) in [7, 11) is 1.43. The summed E-state index contributed by atoms with van der Waals surface area (Å²) in [5.74, 6) is 0.477. The average Bonchev–Trinajstić information content (AvgIpc) is 3.05. The molecule has 2 aliphatic rings. The number of carbonyl (C=O) groups is 1. The lowest BCUT2D eigenvalue weighted by Crippen LogP contribution is -2.54. The monoisotopic (exact) mass is 291 g/mol. The van der Waals surface area contributed by atoms with Crippen LogP contribution in [0.1, 0.15) is 24.8 Å². The van der Waals surface area contributed by atoms with E-state index in [1.54, 1.807) is 0 Å². The third-order valence-corrected chi connectivity index (χ3v) is 4.27. The van der Waals surface area contributed by atoms with Crippen molar-refractivity contribution in [3.05, 3.63) is 29.8 Å². The van der Waals surface area contributed by atoms with E-state index >= 15 is 0 Å². The molecule has 0 saturated carbocycles. The van der Waals surface area contributed by atoms with Gasteiger partial charge < -0.3 is 14.2 Å². The van der Waals surface area contributed by atoms with Crippen LogP contribution in [0.3, 0.4) is 0 Å². The molecule has 2 heterocycles. The van der Waals surface area contributed by atoms with Crippen molar-refractivity contribution < 1.29 is 19.0 Å². The van der Waals surface area contributed by atoms with Crippen molar-refractivity contribution in [3.8, 4) is 5.75 Å². The highest BCUT2D eigenvalue weighted by molar-refractivity contribution is 5.84. The Morgan fingerprint density at radius 2 is 2.29 bits per heavy atom. The van der Waals surface area contributed by atoms with Crippen LogP contribution in [0.2, 0.25) is 0 Å². The maximum atomic E-state index is 12.5. The Kier molecular flexibility index (Phi) is 4.12. The van der Waals surface area contributed by atoms with Crippen LogP contribution in [-0.4, -0.2) is 38.9 Å². The molecule has 1 fully saturated rings. The van der Waals surface area contributed by atoms with Gasteiger partial charge in [-0.1, -0.05) is 18.2 Å². The van der Waals surface area contributed by atoms with Gasteiger partial charge in [0, 0.05) is 25.1 Å². The minimum atomic E-state index is -0.838. The zero-order valence-electron chi connectivity index (χ0n) is 12.3. The molecule has 0 aliphatic carbocycles. The summed E-state index contributed by atoms with van der Waals surface area (Å²) in [4.78, 5) is 12.5. The topological polar surface area (TPSA) is 56.8 Å². The summed E-state index contributed by atoms with van der Waals surface area (Å²) in [5, 5.41) is 3.40. The first-order valence-electron chi connectivity index (χ1n) is 7.43. The summed E-state index contributed by atoms with van der Waals surface area (Å²) in [6.07, 6.45) is 2.84. The molecule has 0 bridgehead atoms. The number of fused-ring (bicyclic) bond motifs is 1. The Bertz CT molecular complexity index is 513. The van der Waals surface area contributed by atoms with Crippen LogP contribution in [0.25, 0.3) is 0 Å². The summed E-state index contributed by atoms with van der Waals surface area (Å²) in [6.45, 7) is 1.94. The Hall–Kier alpha value is -1.59. The van der Waals surface area contributed by atoms with E-state index in [0.29, 0.717) is 19.6 Å². The lowest BCUT2D eigenvalue weighted by Gasteiger charge is -2.37. The Morgan fingerprint density at radius 3 is 3.05 bits per heavy atom. The number of nitrogens with one attached hydrogen (secondary N) is 1. The average molecular weight is 291 g/mol. The fourth-order valence-corrected chi connectivity index (χ4v) is 3.13. The molecular formula is C16H21NO4. The zero-order chi connectivity index (χ0) is 14.7. The van der Waals surface area contributed by atoms with Crippen molar-refractivity contribution >= 4 is 5.97 Å². The van der Waals surface area contributed by atoms with E-state index < -0.39 is 5.54 Å². The molecule has 1 N–H and O–H groups in total. The largest absolute Gasteiger partial charge is 0.493 e. The van der Waals surface area contributed by atoms with Gasteiger partial charge in [0.05, 0.1) is 19.8 Å². The number of benzene rings is 1. The number of methoxy groups -OCH3 is 1. The van der Waals surface area contributed by atoms with Crippen LogP contribution in [-0.2, 0) is 19.8 Å². The van der Waals surface area contributed by atoms with E-state index in [-0.39, 0.29) is 12.1 Å². The third kappa shape index (κ3) is 2.63. The number of hydrogen-bond donors (Lipinski definition) is 1. The minimum Gasteiger partial charge on any atom is -0.493 e. The fraction of sp³-hybridized carbons (Fsp3) is 0.562. The molecule has 2 unspecified atom stereocenters. The molecule has 114 valence electrons. The SMILES string of the molecule is COC(=O)C1(NCC2CCCO2)CCOc2ccccc21. The first-order chi connectivity index (χ1) is 10.3. The predicted molar refractivity (Wildman–Crippen MR) is 77.2 cm³/mol. The van der Waals surface area contributed by atoms with Gasteiger partial charge in [-0.15, -0.1) is 0 Å². The molecule has 0 amide bonds. The van der Waals surface area contributed by atoms with E-state index in [1.807, 2.05) is 24.3 Å². The van der Waals surface area contributed by atoms with Crippen LogP contribution in [0.15, 0.2) is 24.3 Å². The van der Waals surface area contributed by atoms with E-state index in [1.165, 1.54) is 7.11 Å². The van der Waals surface area contributed by atoms with Gasteiger partial charge in [0.2, 0.25) is 0 Å². The Labute approximate surface area is 124 Å². The highest BCUT2D eigenvalue weighted by Gasteiger charge is 2.45. The molecule has 3 rings (SSSR count). The van der Waals surface area contributed by atoms with E-state index in [2.05, 4.69) is 5.32 Å². The Balaban J connectivity index is 1.88. The molecule has 1 aromatic carbocycles. The van der Waals surface area contributed by atoms with Gasteiger partial charge in [0.25, 0.3) is 0 Å². The number of esters is 1.